The first-order chi connectivity index (χ1) is 12.0. The smallest absolute Gasteiger partial charge is 0.340 e. The number of ether oxygens (including phenoxy) is 1. The Morgan fingerprint density at radius 3 is 2.58 bits per heavy atom. The number of amides is 1. The fourth-order valence-corrected chi connectivity index (χ4v) is 4.63. The molecule has 0 aliphatic carbocycles. The number of carbonyl (C=O) groups excluding carboxylic acids is 2. The fourth-order valence-electron chi connectivity index (χ4n) is 2.61. The van der Waals surface area contributed by atoms with Crippen molar-refractivity contribution >= 4 is 39.0 Å². The van der Waals surface area contributed by atoms with E-state index in [1.54, 1.807) is 0 Å². The third-order valence-electron chi connectivity index (χ3n) is 4.12. The van der Waals surface area contributed by atoms with Crippen LogP contribution >= 0.6 is 11.6 Å². The average molecular weight is 405 g/mol. The van der Waals surface area contributed by atoms with Gasteiger partial charge in [-0.05, 0) is 19.4 Å². The Balaban J connectivity index is 2.04. The van der Waals surface area contributed by atoms with Crippen LogP contribution in [-0.2, 0) is 19.4 Å². The highest BCUT2D eigenvalue weighted by molar-refractivity contribution is 7.91. The molecule has 2 unspecified atom stereocenters. The highest BCUT2D eigenvalue weighted by atomic mass is 35.5. The molecule has 1 saturated heterocycles. The van der Waals surface area contributed by atoms with Crippen LogP contribution in [0.25, 0.3) is 0 Å². The molecule has 1 amide bonds. The van der Waals surface area contributed by atoms with E-state index in [0.29, 0.717) is 6.42 Å². The summed E-state index contributed by atoms with van der Waals surface area (Å²) in [6, 6.07) is 2.80. The molecule has 1 aliphatic rings. The highest BCUT2D eigenvalue weighted by Gasteiger charge is 2.35. The first-order valence-electron chi connectivity index (χ1n) is 7.64. The number of hydrogen-bond donors (Lipinski definition) is 0. The number of esters is 1. The topological polar surface area (TPSA) is 124 Å². The predicted molar refractivity (Wildman–Crippen MR) is 92.8 cm³/mol. The van der Waals surface area contributed by atoms with Gasteiger partial charge in [-0.2, -0.15) is 0 Å². The van der Waals surface area contributed by atoms with Crippen molar-refractivity contribution in [2.75, 3.05) is 18.6 Å². The van der Waals surface area contributed by atoms with Gasteiger partial charge in [-0.15, -0.1) is 0 Å². The van der Waals surface area contributed by atoms with E-state index in [1.807, 2.05) is 0 Å². The Morgan fingerprint density at radius 1 is 1.42 bits per heavy atom. The summed E-state index contributed by atoms with van der Waals surface area (Å²) in [5.41, 5.74) is -0.388. The van der Waals surface area contributed by atoms with E-state index in [2.05, 4.69) is 0 Å². The molecule has 1 aromatic carbocycles. The second-order valence-corrected chi connectivity index (χ2v) is 8.61. The van der Waals surface area contributed by atoms with Crippen LogP contribution < -0.4 is 0 Å². The minimum Gasteiger partial charge on any atom is -0.449 e. The zero-order valence-electron chi connectivity index (χ0n) is 14.0. The Morgan fingerprint density at radius 2 is 2.08 bits per heavy atom. The van der Waals surface area contributed by atoms with Crippen molar-refractivity contribution in [3.8, 4) is 0 Å². The molecule has 0 aromatic heterocycles. The number of nitrogens with zero attached hydrogens (tertiary/aromatic N) is 2. The summed E-state index contributed by atoms with van der Waals surface area (Å²) in [5, 5.41) is 10.5. The summed E-state index contributed by atoms with van der Waals surface area (Å²) in [4.78, 5) is 35.8. The van der Waals surface area contributed by atoms with E-state index in [1.165, 1.54) is 18.9 Å². The van der Waals surface area contributed by atoms with Gasteiger partial charge in [-0.25, -0.2) is 13.2 Å². The Kier molecular flexibility index (Phi) is 5.87. The van der Waals surface area contributed by atoms with Gasteiger partial charge >= 0.3 is 5.97 Å². The van der Waals surface area contributed by atoms with Crippen LogP contribution in [0, 0.1) is 10.1 Å². The minimum atomic E-state index is -3.16. The van der Waals surface area contributed by atoms with Gasteiger partial charge in [0.1, 0.15) is 0 Å². The molecule has 2 rings (SSSR count). The molecule has 0 bridgehead atoms. The van der Waals surface area contributed by atoms with E-state index < -0.39 is 38.8 Å². The van der Waals surface area contributed by atoms with Gasteiger partial charge in [0.05, 0.1) is 27.0 Å². The quantitative estimate of drug-likeness (QED) is 0.413. The summed E-state index contributed by atoms with van der Waals surface area (Å²) >= 11 is 5.86. The van der Waals surface area contributed by atoms with Crippen molar-refractivity contribution in [3.63, 3.8) is 0 Å². The normalized spacial score (nSPS) is 19.6. The van der Waals surface area contributed by atoms with Crippen molar-refractivity contribution < 1.29 is 27.7 Å². The van der Waals surface area contributed by atoms with Crippen LogP contribution in [0.4, 0.5) is 5.69 Å². The Labute approximate surface area is 154 Å². The van der Waals surface area contributed by atoms with Gasteiger partial charge in [0.25, 0.3) is 11.6 Å². The lowest BCUT2D eigenvalue weighted by molar-refractivity contribution is -0.384. The molecule has 2 atom stereocenters. The second kappa shape index (κ2) is 7.58. The number of halogens is 1. The van der Waals surface area contributed by atoms with Crippen LogP contribution in [0.15, 0.2) is 18.2 Å². The van der Waals surface area contributed by atoms with Gasteiger partial charge < -0.3 is 9.64 Å². The van der Waals surface area contributed by atoms with Gasteiger partial charge in [0.2, 0.25) is 0 Å². The highest BCUT2D eigenvalue weighted by Crippen LogP contribution is 2.24. The molecule has 0 N–H and O–H groups in total. The van der Waals surface area contributed by atoms with E-state index in [0.717, 1.165) is 18.2 Å². The predicted octanol–water partition coefficient (Wildman–Crippen LogP) is 1.44. The molecule has 0 saturated carbocycles. The molecule has 1 heterocycles. The Hall–Kier alpha value is -2.20. The van der Waals surface area contributed by atoms with Gasteiger partial charge in [-0.1, -0.05) is 11.6 Å². The number of hydrogen-bond acceptors (Lipinski definition) is 7. The largest absolute Gasteiger partial charge is 0.449 e. The average Bonchev–Trinajstić information content (AvgIpc) is 2.92. The molecule has 0 spiro atoms. The number of nitro benzene ring substituents is 1. The van der Waals surface area contributed by atoms with E-state index >= 15 is 0 Å². The van der Waals surface area contributed by atoms with E-state index in [4.69, 9.17) is 16.3 Å². The molecule has 1 aromatic rings. The first-order valence-corrected chi connectivity index (χ1v) is 9.84. The molecular weight excluding hydrogens is 388 g/mol. The van der Waals surface area contributed by atoms with Crippen molar-refractivity contribution in [3.05, 3.63) is 38.9 Å². The minimum absolute atomic E-state index is 0.0157. The summed E-state index contributed by atoms with van der Waals surface area (Å²) in [5.74, 6) is -1.55. The standard InChI is InChI=1S/C15H17ClN2O7S/c1-9(14(19)17(2)11-5-6-26(23,24)8-11)25-15(20)12-4-3-10(18(21)22)7-13(12)16/h3-4,7,9,11H,5-6,8H2,1-2H3. The molecule has 0 radical (unpaired) electrons. The number of sulfone groups is 1. The van der Waals surface area contributed by atoms with Crippen molar-refractivity contribution in [1.29, 1.82) is 0 Å². The molecular formula is C15H17ClN2O7S. The number of nitro groups is 1. The van der Waals surface area contributed by atoms with Crippen LogP contribution in [-0.4, -0.2) is 60.8 Å². The zero-order chi connectivity index (χ0) is 19.6. The van der Waals surface area contributed by atoms with Gasteiger partial charge in [0.15, 0.2) is 15.9 Å². The third-order valence-corrected chi connectivity index (χ3v) is 6.18. The maximum atomic E-state index is 12.4. The van der Waals surface area contributed by atoms with Crippen molar-refractivity contribution in [2.24, 2.45) is 0 Å². The first kappa shape index (κ1) is 20.1. The lowest BCUT2D eigenvalue weighted by Crippen LogP contribution is -2.44. The zero-order valence-corrected chi connectivity index (χ0v) is 15.6. The van der Waals surface area contributed by atoms with E-state index in [-0.39, 0.29) is 27.8 Å². The molecule has 11 heteroatoms. The van der Waals surface area contributed by atoms with Crippen LogP contribution in [0.3, 0.4) is 0 Å². The summed E-state index contributed by atoms with van der Waals surface area (Å²) in [7, 11) is -1.70. The number of rotatable bonds is 5. The van der Waals surface area contributed by atoms with Crippen molar-refractivity contribution in [2.45, 2.75) is 25.5 Å². The second-order valence-electron chi connectivity index (χ2n) is 5.97. The van der Waals surface area contributed by atoms with Crippen LogP contribution in [0.1, 0.15) is 23.7 Å². The summed E-state index contributed by atoms with van der Waals surface area (Å²) in [6.07, 6.45) is -0.832. The lowest BCUT2D eigenvalue weighted by Gasteiger charge is -2.26. The van der Waals surface area contributed by atoms with Crippen LogP contribution in [0.2, 0.25) is 5.02 Å². The fraction of sp³-hybridized carbons (Fsp3) is 0.467. The molecule has 26 heavy (non-hydrogen) atoms. The Bertz CT molecular complexity index is 856. The number of benzene rings is 1. The molecule has 142 valence electrons. The third kappa shape index (κ3) is 4.50. The van der Waals surface area contributed by atoms with Gasteiger partial charge in [0, 0.05) is 25.2 Å². The molecule has 1 fully saturated rings. The molecule has 1 aliphatic heterocycles. The number of carbonyl (C=O) groups is 2. The van der Waals surface area contributed by atoms with Crippen LogP contribution in [0.5, 0.6) is 0 Å². The van der Waals surface area contributed by atoms with E-state index in [9.17, 15) is 28.1 Å². The molecule has 9 nitrogen and oxygen atoms in total. The van der Waals surface area contributed by atoms with Gasteiger partial charge in [-0.3, -0.25) is 14.9 Å². The van der Waals surface area contributed by atoms with Crippen molar-refractivity contribution in [1.82, 2.24) is 4.90 Å². The summed E-state index contributed by atoms with van der Waals surface area (Å²) in [6.45, 7) is 1.36. The monoisotopic (exact) mass is 404 g/mol. The lowest BCUT2D eigenvalue weighted by atomic mass is 10.2. The summed E-state index contributed by atoms with van der Waals surface area (Å²) < 4.78 is 28.1. The number of non-ortho nitro benzene ring substituents is 1. The number of likely N-dealkylation sites (N-methyl/N-ethyl adjacent to an activating group) is 1. The maximum absolute atomic E-state index is 12.4. The maximum Gasteiger partial charge on any atom is 0.340 e. The SMILES string of the molecule is CC(OC(=O)c1ccc([N+](=O)[O-])cc1Cl)C(=O)N(C)C1CCS(=O)(=O)C1.